The maximum Gasteiger partial charge on any atom is 0.278 e. The number of carbonyl (C=O) groups is 3. The molecule has 0 aliphatic rings. The fraction of sp³-hybridized carbons (Fsp3) is 0.900. The van der Waals surface area contributed by atoms with E-state index in [1.807, 2.05) is 4.90 Å². The van der Waals surface area contributed by atoms with E-state index < -0.39 is 0 Å². The van der Waals surface area contributed by atoms with Gasteiger partial charge in [-0.2, -0.15) is 0 Å². The van der Waals surface area contributed by atoms with Crippen LogP contribution in [0.1, 0.15) is 122 Å². The first-order chi connectivity index (χ1) is 19.4. The molecule has 0 spiro atoms. The molecule has 10 nitrogen and oxygen atoms in total. The molecule has 0 bridgehead atoms. The van der Waals surface area contributed by atoms with E-state index in [-0.39, 0.29) is 29.8 Å². The highest BCUT2D eigenvalue weighted by molar-refractivity contribution is 5.80. The van der Waals surface area contributed by atoms with Crippen LogP contribution >= 0.6 is 0 Å². The van der Waals surface area contributed by atoms with Crippen molar-refractivity contribution in [1.29, 1.82) is 0 Å². The van der Waals surface area contributed by atoms with E-state index in [0.717, 1.165) is 64.5 Å². The van der Waals surface area contributed by atoms with Crippen molar-refractivity contribution in [3.8, 4) is 0 Å². The summed E-state index contributed by atoms with van der Waals surface area (Å²) in [6.45, 7) is 6.30. The van der Waals surface area contributed by atoms with Crippen LogP contribution in [0.5, 0.6) is 0 Å². The molecule has 0 aromatic heterocycles. The Morgan fingerprint density at radius 3 is 1.45 bits per heavy atom. The minimum absolute atomic E-state index is 0.0164. The standard InChI is InChI=1S/C30H63N7O3/c1-2-3-4-5-6-7-8-9-10-19-28(38)37(24-15-22-35-29(39)26(33)17-11-13-20-31)25-16-23-36-30(40)27(34)18-12-14-21-32/h26-27H,2-25,31-34H2,1H3,(H,35,39)(H,36,40)/p+4/t26-,27-/m0/s1. The number of carbonyl (C=O) groups excluding carboxylic acids is 3. The van der Waals surface area contributed by atoms with Crippen LogP contribution < -0.4 is 33.6 Å². The van der Waals surface area contributed by atoms with E-state index in [1.165, 1.54) is 44.9 Å². The molecule has 236 valence electrons. The molecule has 0 fully saturated rings. The average molecular weight is 574 g/mol. The van der Waals surface area contributed by atoms with Gasteiger partial charge in [0.15, 0.2) is 12.1 Å². The van der Waals surface area contributed by atoms with Crippen LogP contribution in [-0.2, 0) is 14.4 Å². The second-order valence-corrected chi connectivity index (χ2v) is 11.3. The number of nitrogens with one attached hydrogen (secondary N) is 2. The number of amides is 3. The smallest absolute Gasteiger partial charge is 0.278 e. The second kappa shape index (κ2) is 27.4. The van der Waals surface area contributed by atoms with Gasteiger partial charge >= 0.3 is 0 Å². The predicted molar refractivity (Wildman–Crippen MR) is 160 cm³/mol. The molecular weight excluding hydrogens is 506 g/mol. The van der Waals surface area contributed by atoms with Gasteiger partial charge in [0.1, 0.15) is 0 Å². The van der Waals surface area contributed by atoms with Gasteiger partial charge in [-0.1, -0.05) is 58.3 Å². The monoisotopic (exact) mass is 574 g/mol. The van der Waals surface area contributed by atoms with Gasteiger partial charge in [-0.15, -0.1) is 0 Å². The Morgan fingerprint density at radius 1 is 0.600 bits per heavy atom. The Morgan fingerprint density at radius 2 is 1.02 bits per heavy atom. The maximum atomic E-state index is 13.0. The van der Waals surface area contributed by atoms with Crippen molar-refractivity contribution in [1.82, 2.24) is 15.5 Å². The lowest BCUT2D eigenvalue weighted by molar-refractivity contribution is -0.406. The molecule has 40 heavy (non-hydrogen) atoms. The van der Waals surface area contributed by atoms with Gasteiger partial charge in [-0.3, -0.25) is 14.4 Å². The van der Waals surface area contributed by atoms with Gasteiger partial charge in [0, 0.05) is 45.4 Å². The molecule has 0 unspecified atom stereocenters. The van der Waals surface area contributed by atoms with E-state index in [4.69, 9.17) is 0 Å². The minimum Gasteiger partial charge on any atom is -0.358 e. The third-order valence-electron chi connectivity index (χ3n) is 7.50. The molecule has 0 aromatic rings. The molecule has 0 aliphatic carbocycles. The summed E-state index contributed by atoms with van der Waals surface area (Å²) in [6, 6.07) is -0.481. The summed E-state index contributed by atoms with van der Waals surface area (Å²) in [5.41, 5.74) is 15.6. The summed E-state index contributed by atoms with van der Waals surface area (Å²) in [5.74, 6) is 0.140. The fourth-order valence-corrected chi connectivity index (χ4v) is 4.76. The minimum atomic E-state index is -0.241. The summed E-state index contributed by atoms with van der Waals surface area (Å²) in [5, 5.41) is 5.96. The molecule has 0 aromatic carbocycles. The summed E-state index contributed by atoms with van der Waals surface area (Å²) < 4.78 is 0. The van der Waals surface area contributed by atoms with Crippen molar-refractivity contribution >= 4 is 17.7 Å². The number of hydrogen-bond donors (Lipinski definition) is 6. The number of unbranched alkanes of at least 4 members (excludes halogenated alkanes) is 10. The quantitative estimate of drug-likeness (QED) is 0.0708. The summed E-state index contributed by atoms with van der Waals surface area (Å²) >= 11 is 0. The van der Waals surface area contributed by atoms with Gasteiger partial charge in [0.2, 0.25) is 5.91 Å². The molecule has 0 rings (SSSR count). The van der Waals surface area contributed by atoms with Crippen molar-refractivity contribution in [2.24, 2.45) is 0 Å². The third kappa shape index (κ3) is 22.0. The SMILES string of the molecule is CCCCCCCCCCCC(=O)N(CCCNC(=O)[C@@H]([NH3+])CCCC[NH3+])CCCNC(=O)[C@@H]([NH3+])CCCC[NH3+]. The van der Waals surface area contributed by atoms with Crippen LogP contribution in [0, 0.1) is 0 Å². The van der Waals surface area contributed by atoms with Crippen LogP contribution in [0.4, 0.5) is 0 Å². The van der Waals surface area contributed by atoms with E-state index in [0.29, 0.717) is 45.4 Å². The van der Waals surface area contributed by atoms with Crippen molar-refractivity contribution in [2.45, 2.75) is 135 Å². The Balaban J connectivity index is 4.49. The Kier molecular flexibility index (Phi) is 26.2. The highest BCUT2D eigenvalue weighted by Gasteiger charge is 2.18. The lowest BCUT2D eigenvalue weighted by Crippen LogP contribution is -2.67. The van der Waals surface area contributed by atoms with E-state index >= 15 is 0 Å². The molecule has 10 heteroatoms. The summed E-state index contributed by atoms with van der Waals surface area (Å²) in [7, 11) is 0. The first-order valence-corrected chi connectivity index (χ1v) is 16.4. The zero-order chi connectivity index (χ0) is 29.8. The summed E-state index contributed by atoms with van der Waals surface area (Å²) in [6.07, 6.45) is 18.5. The molecule has 0 radical (unpaired) electrons. The third-order valence-corrected chi connectivity index (χ3v) is 7.50. The zero-order valence-corrected chi connectivity index (χ0v) is 26.1. The Bertz CT molecular complexity index is 600. The summed E-state index contributed by atoms with van der Waals surface area (Å²) in [4.78, 5) is 39.6. The van der Waals surface area contributed by atoms with Gasteiger partial charge in [-0.05, 0) is 44.9 Å². The topological polar surface area (TPSA) is 189 Å². The fourth-order valence-electron chi connectivity index (χ4n) is 4.76. The van der Waals surface area contributed by atoms with Crippen LogP contribution in [-0.4, -0.2) is 74.0 Å². The molecule has 0 aliphatic heterocycles. The van der Waals surface area contributed by atoms with Crippen molar-refractivity contribution < 1.29 is 37.3 Å². The highest BCUT2D eigenvalue weighted by atomic mass is 16.2. The van der Waals surface area contributed by atoms with Gasteiger partial charge < -0.3 is 38.5 Å². The first kappa shape index (κ1) is 38.2. The molecule has 3 amide bonds. The molecule has 14 N–H and O–H groups in total. The molecule has 0 saturated carbocycles. The zero-order valence-electron chi connectivity index (χ0n) is 26.1. The Hall–Kier alpha value is -1.75. The highest BCUT2D eigenvalue weighted by Crippen LogP contribution is 2.11. The van der Waals surface area contributed by atoms with Gasteiger partial charge in [0.05, 0.1) is 13.1 Å². The predicted octanol–water partition coefficient (Wildman–Crippen LogP) is -0.206. The van der Waals surface area contributed by atoms with Crippen molar-refractivity contribution in [3.63, 3.8) is 0 Å². The van der Waals surface area contributed by atoms with Crippen molar-refractivity contribution in [2.75, 3.05) is 39.3 Å². The van der Waals surface area contributed by atoms with Crippen LogP contribution in [0.25, 0.3) is 0 Å². The lowest BCUT2D eigenvalue weighted by atomic mass is 10.1. The van der Waals surface area contributed by atoms with Gasteiger partial charge in [-0.25, -0.2) is 0 Å². The van der Waals surface area contributed by atoms with Crippen molar-refractivity contribution in [3.05, 3.63) is 0 Å². The first-order valence-electron chi connectivity index (χ1n) is 16.4. The maximum absolute atomic E-state index is 13.0. The number of hydrogen-bond acceptors (Lipinski definition) is 3. The lowest BCUT2D eigenvalue weighted by Gasteiger charge is -2.23. The molecule has 0 saturated heterocycles. The number of nitrogens with zero attached hydrogens (tertiary/aromatic N) is 1. The average Bonchev–Trinajstić information content (AvgIpc) is 2.95. The van der Waals surface area contributed by atoms with E-state index in [9.17, 15) is 14.4 Å². The molecule has 0 heterocycles. The largest absolute Gasteiger partial charge is 0.358 e. The molecular formula is C30H67N7O3+4. The van der Waals surface area contributed by atoms with E-state index in [2.05, 4.69) is 40.5 Å². The number of quaternary nitrogens is 4. The number of rotatable bonds is 28. The van der Waals surface area contributed by atoms with Gasteiger partial charge in [0.25, 0.3) is 11.8 Å². The van der Waals surface area contributed by atoms with E-state index in [1.54, 1.807) is 0 Å². The molecule has 2 atom stereocenters. The second-order valence-electron chi connectivity index (χ2n) is 11.3. The van der Waals surface area contributed by atoms with Crippen LogP contribution in [0.3, 0.4) is 0 Å². The van der Waals surface area contributed by atoms with Crippen LogP contribution in [0.15, 0.2) is 0 Å². The van der Waals surface area contributed by atoms with Crippen LogP contribution in [0.2, 0.25) is 0 Å². The normalized spacial score (nSPS) is 12.6. The Labute approximate surface area is 244 Å².